The van der Waals surface area contributed by atoms with Gasteiger partial charge in [0.15, 0.2) is 11.5 Å². The lowest BCUT2D eigenvalue weighted by atomic mass is 10.0. The number of halogens is 1. The van der Waals surface area contributed by atoms with E-state index in [2.05, 4.69) is 6.58 Å². The standard InChI is InChI=1S/C28H29ClN2O6S/c1-3-7-20-14-19(15-23(36-4-2)26(20)37-18-21-8-5-6-9-22(21)29)16-24-27(33)31(28(34)38-24)17-25(32)30-10-12-35-13-11-30/h3,5-6,8-9,14-16H,1,4,7,10-13,17-18H2,2H3/b24-16+. The zero-order valence-electron chi connectivity index (χ0n) is 21.1. The largest absolute Gasteiger partial charge is 0.490 e. The molecule has 0 aromatic heterocycles. The normalized spacial score (nSPS) is 16.7. The van der Waals surface area contributed by atoms with E-state index in [0.717, 1.165) is 27.8 Å². The molecule has 0 bridgehead atoms. The molecule has 200 valence electrons. The average Bonchev–Trinajstić information content (AvgIpc) is 3.17. The third-order valence-corrected chi connectivity index (χ3v) is 7.25. The molecule has 0 spiro atoms. The number of nitrogens with zero attached hydrogens (tertiary/aromatic N) is 2. The van der Waals surface area contributed by atoms with Crippen LogP contribution in [-0.4, -0.2) is 66.3 Å². The van der Waals surface area contributed by atoms with Crippen molar-refractivity contribution in [1.82, 2.24) is 9.80 Å². The minimum Gasteiger partial charge on any atom is -0.490 e. The van der Waals surface area contributed by atoms with E-state index in [9.17, 15) is 14.4 Å². The lowest BCUT2D eigenvalue weighted by Gasteiger charge is -2.28. The first kappa shape index (κ1) is 27.8. The summed E-state index contributed by atoms with van der Waals surface area (Å²) in [6.07, 6.45) is 3.88. The van der Waals surface area contributed by atoms with Crippen LogP contribution in [0.3, 0.4) is 0 Å². The zero-order valence-corrected chi connectivity index (χ0v) is 22.7. The monoisotopic (exact) mass is 556 g/mol. The minimum absolute atomic E-state index is 0.238. The summed E-state index contributed by atoms with van der Waals surface area (Å²) in [6.45, 7) is 7.87. The third-order valence-electron chi connectivity index (χ3n) is 5.98. The first-order valence-corrected chi connectivity index (χ1v) is 13.5. The maximum absolute atomic E-state index is 13.1. The molecule has 38 heavy (non-hydrogen) atoms. The van der Waals surface area contributed by atoms with Gasteiger partial charge in [0.05, 0.1) is 24.7 Å². The molecule has 0 radical (unpaired) electrons. The van der Waals surface area contributed by atoms with E-state index in [1.807, 2.05) is 31.2 Å². The van der Waals surface area contributed by atoms with Gasteiger partial charge in [0.1, 0.15) is 13.2 Å². The molecule has 2 aromatic carbocycles. The summed E-state index contributed by atoms with van der Waals surface area (Å²) in [5.74, 6) is 0.299. The Kier molecular flexibility index (Phi) is 9.49. The van der Waals surface area contributed by atoms with Crippen molar-refractivity contribution in [1.29, 1.82) is 0 Å². The number of imide groups is 1. The molecule has 0 unspecified atom stereocenters. The molecule has 2 aliphatic heterocycles. The van der Waals surface area contributed by atoms with E-state index >= 15 is 0 Å². The lowest BCUT2D eigenvalue weighted by Crippen LogP contribution is -2.46. The number of hydrogen-bond donors (Lipinski definition) is 0. The van der Waals surface area contributed by atoms with Gasteiger partial charge in [0.2, 0.25) is 5.91 Å². The van der Waals surface area contributed by atoms with Crippen LogP contribution < -0.4 is 9.47 Å². The molecule has 4 rings (SSSR count). The van der Waals surface area contributed by atoms with Crippen LogP contribution in [0.25, 0.3) is 6.08 Å². The van der Waals surface area contributed by atoms with Crippen LogP contribution in [0, 0.1) is 0 Å². The number of benzene rings is 2. The van der Waals surface area contributed by atoms with Crippen molar-refractivity contribution in [2.45, 2.75) is 20.0 Å². The summed E-state index contributed by atoms with van der Waals surface area (Å²) in [5, 5.41) is 0.133. The van der Waals surface area contributed by atoms with Crippen molar-refractivity contribution in [2.75, 3.05) is 39.5 Å². The third kappa shape index (κ3) is 6.59. The Bertz CT molecular complexity index is 1260. The van der Waals surface area contributed by atoms with Crippen LogP contribution in [0.2, 0.25) is 5.02 Å². The number of carbonyl (C=O) groups is 3. The molecule has 0 aliphatic carbocycles. The summed E-state index contributed by atoms with van der Waals surface area (Å²) in [5.41, 5.74) is 2.32. The molecule has 8 nitrogen and oxygen atoms in total. The van der Waals surface area contributed by atoms with Gasteiger partial charge in [-0.2, -0.15) is 0 Å². The predicted octanol–water partition coefficient (Wildman–Crippen LogP) is 4.94. The van der Waals surface area contributed by atoms with Crippen LogP contribution in [0.1, 0.15) is 23.6 Å². The molecular formula is C28H29ClN2O6S. The number of rotatable bonds is 10. The Hall–Kier alpha value is -3.27. The second-order valence-corrected chi connectivity index (χ2v) is 9.97. The minimum atomic E-state index is -0.496. The van der Waals surface area contributed by atoms with Gasteiger partial charge in [0, 0.05) is 29.2 Å². The second-order valence-electron chi connectivity index (χ2n) is 8.57. The highest BCUT2D eigenvalue weighted by molar-refractivity contribution is 8.18. The van der Waals surface area contributed by atoms with E-state index in [-0.39, 0.29) is 24.0 Å². The number of carbonyl (C=O) groups excluding carboxylic acids is 3. The van der Waals surface area contributed by atoms with Crippen LogP contribution in [0.5, 0.6) is 11.5 Å². The molecule has 2 aromatic rings. The predicted molar refractivity (Wildman–Crippen MR) is 147 cm³/mol. The fourth-order valence-corrected chi connectivity index (χ4v) is 5.13. The summed E-state index contributed by atoms with van der Waals surface area (Å²) < 4.78 is 17.3. The van der Waals surface area contributed by atoms with Gasteiger partial charge in [-0.1, -0.05) is 35.9 Å². The maximum Gasteiger partial charge on any atom is 0.294 e. The Morgan fingerprint density at radius 1 is 1.16 bits per heavy atom. The first-order valence-electron chi connectivity index (χ1n) is 12.3. The van der Waals surface area contributed by atoms with Gasteiger partial charge in [0.25, 0.3) is 11.1 Å². The van der Waals surface area contributed by atoms with Crippen LogP contribution in [0.4, 0.5) is 4.79 Å². The van der Waals surface area contributed by atoms with Crippen molar-refractivity contribution in [3.05, 3.63) is 75.7 Å². The number of morpholine rings is 1. The molecule has 2 aliphatic rings. The van der Waals surface area contributed by atoms with E-state index in [1.54, 1.807) is 29.2 Å². The molecule has 2 fully saturated rings. The summed E-state index contributed by atoms with van der Waals surface area (Å²) >= 11 is 7.11. The Balaban J connectivity index is 1.57. The molecule has 2 heterocycles. The Morgan fingerprint density at radius 3 is 2.63 bits per heavy atom. The van der Waals surface area contributed by atoms with Gasteiger partial charge in [-0.15, -0.1) is 6.58 Å². The van der Waals surface area contributed by atoms with Crippen molar-refractivity contribution in [2.24, 2.45) is 0 Å². The zero-order chi connectivity index (χ0) is 27.1. The summed E-state index contributed by atoms with van der Waals surface area (Å²) in [4.78, 5) is 41.1. The molecule has 0 saturated carbocycles. The SMILES string of the molecule is C=CCc1cc(/C=C2/SC(=O)N(CC(=O)N3CCOCC3)C2=O)cc(OCC)c1OCc1ccccc1Cl. The second kappa shape index (κ2) is 13.0. The van der Waals surface area contributed by atoms with Gasteiger partial charge in [-0.3, -0.25) is 19.3 Å². The number of amides is 3. The number of thioether (sulfide) groups is 1. The van der Waals surface area contributed by atoms with E-state index < -0.39 is 11.1 Å². The van der Waals surface area contributed by atoms with E-state index in [1.165, 1.54) is 0 Å². The van der Waals surface area contributed by atoms with Crippen LogP contribution >= 0.6 is 23.4 Å². The van der Waals surface area contributed by atoms with Crippen molar-refractivity contribution < 1.29 is 28.6 Å². The number of hydrogen-bond acceptors (Lipinski definition) is 7. The van der Waals surface area contributed by atoms with E-state index in [4.69, 9.17) is 25.8 Å². The fourth-order valence-electron chi connectivity index (χ4n) is 4.10. The highest BCUT2D eigenvalue weighted by Gasteiger charge is 2.37. The van der Waals surface area contributed by atoms with Crippen molar-refractivity contribution >= 4 is 46.5 Å². The molecule has 2 saturated heterocycles. The first-order chi connectivity index (χ1) is 18.4. The quantitative estimate of drug-likeness (QED) is 0.302. The van der Waals surface area contributed by atoms with Crippen LogP contribution in [-0.2, 0) is 27.4 Å². The fraction of sp³-hybridized carbons (Fsp3) is 0.321. The van der Waals surface area contributed by atoms with Gasteiger partial charge in [-0.05, 0) is 54.9 Å². The Morgan fingerprint density at radius 2 is 1.92 bits per heavy atom. The Labute approximate surface area is 231 Å². The number of ether oxygens (including phenoxy) is 3. The maximum atomic E-state index is 13.1. The van der Waals surface area contributed by atoms with Gasteiger partial charge >= 0.3 is 0 Å². The molecule has 0 N–H and O–H groups in total. The molecule has 0 atom stereocenters. The number of allylic oxidation sites excluding steroid dienone is 1. The van der Waals surface area contributed by atoms with Crippen molar-refractivity contribution in [3.63, 3.8) is 0 Å². The van der Waals surface area contributed by atoms with Gasteiger partial charge in [-0.25, -0.2) is 0 Å². The van der Waals surface area contributed by atoms with Crippen molar-refractivity contribution in [3.8, 4) is 11.5 Å². The summed E-state index contributed by atoms with van der Waals surface area (Å²) in [6, 6.07) is 11.1. The average molecular weight is 557 g/mol. The van der Waals surface area contributed by atoms with E-state index in [0.29, 0.717) is 61.4 Å². The summed E-state index contributed by atoms with van der Waals surface area (Å²) in [7, 11) is 0. The smallest absolute Gasteiger partial charge is 0.294 e. The highest BCUT2D eigenvalue weighted by atomic mass is 35.5. The van der Waals surface area contributed by atoms with Crippen LogP contribution in [0.15, 0.2) is 54.0 Å². The lowest BCUT2D eigenvalue weighted by molar-refractivity contribution is -0.139. The molecule has 10 heteroatoms. The molecular weight excluding hydrogens is 528 g/mol. The highest BCUT2D eigenvalue weighted by Crippen LogP contribution is 2.38. The van der Waals surface area contributed by atoms with Gasteiger partial charge < -0.3 is 19.1 Å². The molecule has 3 amide bonds. The topological polar surface area (TPSA) is 85.4 Å².